The number of anilines is 1. The van der Waals surface area contributed by atoms with Crippen LogP contribution in [0.3, 0.4) is 0 Å². The van der Waals surface area contributed by atoms with Gasteiger partial charge >= 0.3 is 0 Å². The molecule has 1 N–H and O–H groups in total. The third kappa shape index (κ3) is 4.27. The second kappa shape index (κ2) is 8.06. The zero-order valence-corrected chi connectivity index (χ0v) is 17.4. The Labute approximate surface area is 163 Å². The number of carbonyl (C=O) groups is 1. The Morgan fingerprint density at radius 2 is 2.12 bits per heavy atom. The van der Waals surface area contributed by atoms with Crippen molar-refractivity contribution in [1.29, 1.82) is 0 Å². The minimum absolute atomic E-state index is 0. The molecule has 10 heteroatoms. The third-order valence-electron chi connectivity index (χ3n) is 4.56. The van der Waals surface area contributed by atoms with E-state index in [1.54, 1.807) is 11.3 Å². The van der Waals surface area contributed by atoms with E-state index in [9.17, 15) is 13.2 Å². The summed E-state index contributed by atoms with van der Waals surface area (Å²) in [6, 6.07) is -0.285. The smallest absolute Gasteiger partial charge is 0.239 e. The molecule has 2 aromatic heterocycles. The molecule has 1 aliphatic heterocycles. The molecule has 3 heterocycles. The molecule has 1 unspecified atom stereocenters. The maximum Gasteiger partial charge on any atom is 0.239 e. The Morgan fingerprint density at radius 3 is 2.73 bits per heavy atom. The summed E-state index contributed by atoms with van der Waals surface area (Å²) < 4.78 is 23.1. The van der Waals surface area contributed by atoms with Gasteiger partial charge in [0.25, 0.3) is 0 Å². The number of hydrogen-bond donors (Lipinski definition) is 1. The normalized spacial score (nSPS) is 18.5. The fraction of sp³-hybridized carbons (Fsp3) is 0.562. The van der Waals surface area contributed by atoms with Crippen molar-refractivity contribution < 1.29 is 13.2 Å². The van der Waals surface area contributed by atoms with Crippen LogP contribution in [0.2, 0.25) is 0 Å². The number of aryl methyl sites for hydroxylation is 2. The lowest BCUT2D eigenvalue weighted by atomic mass is 10.2. The van der Waals surface area contributed by atoms with E-state index in [1.165, 1.54) is 11.2 Å². The first kappa shape index (κ1) is 20.9. The minimum atomic E-state index is -3.01. The minimum Gasteiger partial charge on any atom is -0.351 e. The summed E-state index contributed by atoms with van der Waals surface area (Å²) in [6.07, 6.45) is 2.01. The van der Waals surface area contributed by atoms with Gasteiger partial charge in [0.15, 0.2) is 9.84 Å². The average Bonchev–Trinajstić information content (AvgIpc) is 3.04. The molecule has 144 valence electrons. The number of fused-ring (bicyclic) bond motifs is 1. The highest BCUT2D eigenvalue weighted by molar-refractivity contribution is 7.91. The molecule has 0 aromatic carbocycles. The van der Waals surface area contributed by atoms with Crippen LogP contribution >= 0.6 is 23.7 Å². The van der Waals surface area contributed by atoms with E-state index < -0.39 is 9.84 Å². The third-order valence-corrected chi connectivity index (χ3v) is 7.44. The van der Waals surface area contributed by atoms with E-state index in [2.05, 4.69) is 22.2 Å². The van der Waals surface area contributed by atoms with E-state index in [-0.39, 0.29) is 42.4 Å². The monoisotopic (exact) mass is 418 g/mol. The van der Waals surface area contributed by atoms with Crippen molar-refractivity contribution in [3.63, 3.8) is 0 Å². The van der Waals surface area contributed by atoms with E-state index in [0.717, 1.165) is 21.6 Å². The van der Waals surface area contributed by atoms with E-state index in [4.69, 9.17) is 0 Å². The maximum atomic E-state index is 12.4. The summed E-state index contributed by atoms with van der Waals surface area (Å²) in [5.41, 5.74) is 1.14. The fourth-order valence-electron chi connectivity index (χ4n) is 3.10. The van der Waals surface area contributed by atoms with Crippen LogP contribution in [0.5, 0.6) is 0 Å². The molecule has 0 spiro atoms. The van der Waals surface area contributed by atoms with Crippen molar-refractivity contribution in [2.75, 3.05) is 29.5 Å². The van der Waals surface area contributed by atoms with Gasteiger partial charge in [0, 0.05) is 17.5 Å². The Hall–Kier alpha value is -1.45. The molecule has 1 aliphatic rings. The van der Waals surface area contributed by atoms with Crippen LogP contribution in [0.4, 0.5) is 5.82 Å². The van der Waals surface area contributed by atoms with Gasteiger partial charge in [-0.15, -0.1) is 23.7 Å². The highest BCUT2D eigenvalue weighted by atomic mass is 35.5. The van der Waals surface area contributed by atoms with Crippen LogP contribution in [0.15, 0.2) is 6.33 Å². The molecule has 1 saturated heterocycles. The zero-order valence-electron chi connectivity index (χ0n) is 15.0. The molecule has 0 saturated carbocycles. The molecule has 3 rings (SSSR count). The van der Waals surface area contributed by atoms with Crippen LogP contribution < -0.4 is 10.2 Å². The first-order chi connectivity index (χ1) is 11.8. The first-order valence-electron chi connectivity index (χ1n) is 8.26. The first-order valence-corrected chi connectivity index (χ1v) is 10.9. The van der Waals surface area contributed by atoms with Gasteiger partial charge < -0.3 is 10.2 Å². The molecule has 1 atom stereocenters. The lowest BCUT2D eigenvalue weighted by molar-refractivity contribution is -0.120. The maximum absolute atomic E-state index is 12.4. The zero-order chi connectivity index (χ0) is 18.2. The van der Waals surface area contributed by atoms with Crippen molar-refractivity contribution in [1.82, 2.24) is 15.3 Å². The van der Waals surface area contributed by atoms with Gasteiger partial charge in [0.05, 0.1) is 23.4 Å². The second-order valence-electron chi connectivity index (χ2n) is 6.34. The highest BCUT2D eigenvalue weighted by Gasteiger charge is 2.29. The number of amides is 1. The number of aromatic nitrogens is 2. The standard InChI is InChI=1S/C16H22N4O3S2.ClH/c1-4-20(7-13(21)19-12-5-6-25(22,23)8-12)15-14-10(2)11(3)24-16(14)18-9-17-15;/h9,12H,4-8H2,1-3H3,(H,19,21);1H. The average molecular weight is 419 g/mol. The molecule has 1 amide bonds. The van der Waals surface area contributed by atoms with Crippen LogP contribution in [0, 0.1) is 13.8 Å². The SMILES string of the molecule is CCN(CC(=O)NC1CCS(=O)(=O)C1)c1ncnc2sc(C)c(C)c12.Cl. The largest absolute Gasteiger partial charge is 0.351 e. The Balaban J connectivity index is 0.00000243. The Morgan fingerprint density at radius 1 is 1.38 bits per heavy atom. The molecule has 0 radical (unpaired) electrons. The Kier molecular flexibility index (Phi) is 6.46. The van der Waals surface area contributed by atoms with E-state index in [0.29, 0.717) is 13.0 Å². The number of sulfone groups is 1. The second-order valence-corrected chi connectivity index (χ2v) is 9.77. The van der Waals surface area contributed by atoms with Crippen LogP contribution in [-0.4, -0.2) is 54.9 Å². The number of carbonyl (C=O) groups excluding carboxylic acids is 1. The lowest BCUT2D eigenvalue weighted by Gasteiger charge is -2.23. The number of halogens is 1. The summed E-state index contributed by atoms with van der Waals surface area (Å²) in [5, 5.41) is 3.83. The van der Waals surface area contributed by atoms with Gasteiger partial charge in [0.2, 0.25) is 5.91 Å². The molecule has 0 bridgehead atoms. The number of nitrogens with zero attached hydrogens (tertiary/aromatic N) is 3. The fourth-order valence-corrected chi connectivity index (χ4v) is 5.76. The number of thiophene rings is 1. The predicted octanol–water partition coefficient (Wildman–Crippen LogP) is 1.86. The van der Waals surface area contributed by atoms with Crippen molar-refractivity contribution in [3.05, 3.63) is 16.8 Å². The number of likely N-dealkylation sites (N-methyl/N-ethyl adjacent to an activating group) is 1. The predicted molar refractivity (Wildman–Crippen MR) is 107 cm³/mol. The highest BCUT2D eigenvalue weighted by Crippen LogP contribution is 2.34. The van der Waals surface area contributed by atoms with Crippen molar-refractivity contribution in [3.8, 4) is 0 Å². The molecule has 2 aromatic rings. The van der Waals surface area contributed by atoms with E-state index >= 15 is 0 Å². The summed E-state index contributed by atoms with van der Waals surface area (Å²) in [5.74, 6) is 0.754. The molecular formula is C16H23ClN4O3S2. The van der Waals surface area contributed by atoms with Gasteiger partial charge in [-0.3, -0.25) is 4.79 Å². The summed E-state index contributed by atoms with van der Waals surface area (Å²) >= 11 is 1.62. The van der Waals surface area contributed by atoms with Gasteiger partial charge in [-0.25, -0.2) is 18.4 Å². The van der Waals surface area contributed by atoms with Crippen molar-refractivity contribution >= 4 is 55.5 Å². The topological polar surface area (TPSA) is 92.3 Å². The number of nitrogens with one attached hydrogen (secondary N) is 1. The molecule has 0 aliphatic carbocycles. The van der Waals surface area contributed by atoms with Crippen molar-refractivity contribution in [2.45, 2.75) is 33.2 Å². The molecule has 1 fully saturated rings. The summed E-state index contributed by atoms with van der Waals surface area (Å²) in [7, 11) is -3.01. The van der Waals surface area contributed by atoms with Crippen LogP contribution in [0.25, 0.3) is 10.2 Å². The molecule has 26 heavy (non-hydrogen) atoms. The summed E-state index contributed by atoms with van der Waals surface area (Å²) in [4.78, 5) is 25.1. The summed E-state index contributed by atoms with van der Waals surface area (Å²) in [6.45, 7) is 6.83. The quantitative estimate of drug-likeness (QED) is 0.796. The van der Waals surface area contributed by atoms with Crippen LogP contribution in [-0.2, 0) is 14.6 Å². The Bertz CT molecular complexity index is 914. The van der Waals surface area contributed by atoms with Crippen LogP contribution in [0.1, 0.15) is 23.8 Å². The van der Waals surface area contributed by atoms with E-state index in [1.807, 2.05) is 18.7 Å². The molecular weight excluding hydrogens is 396 g/mol. The molecule has 7 nitrogen and oxygen atoms in total. The van der Waals surface area contributed by atoms with Gasteiger partial charge in [-0.05, 0) is 32.8 Å². The van der Waals surface area contributed by atoms with Gasteiger partial charge in [-0.1, -0.05) is 0 Å². The van der Waals surface area contributed by atoms with Gasteiger partial charge in [-0.2, -0.15) is 0 Å². The lowest BCUT2D eigenvalue weighted by Crippen LogP contribution is -2.43. The van der Waals surface area contributed by atoms with Crippen molar-refractivity contribution in [2.24, 2.45) is 0 Å². The number of hydrogen-bond acceptors (Lipinski definition) is 7. The number of rotatable bonds is 5. The van der Waals surface area contributed by atoms with Gasteiger partial charge in [0.1, 0.15) is 17.0 Å².